The van der Waals surface area contributed by atoms with Crippen LogP contribution in [0.3, 0.4) is 0 Å². The van der Waals surface area contributed by atoms with Crippen LogP contribution in [0.2, 0.25) is 0 Å². The summed E-state index contributed by atoms with van der Waals surface area (Å²) in [5.41, 5.74) is -4.23. The molecule has 0 aromatic heterocycles. The van der Waals surface area contributed by atoms with E-state index in [0.717, 1.165) is 0 Å². The van der Waals surface area contributed by atoms with Crippen molar-refractivity contribution in [1.82, 2.24) is 14.7 Å². The topological polar surface area (TPSA) is 223 Å². The highest BCUT2D eigenvalue weighted by Crippen LogP contribution is 2.30. The molecule has 0 N–H and O–H groups in total. The highest BCUT2D eigenvalue weighted by Gasteiger charge is 2.32. The number of carbonyl (C=O) groups excluding carboxylic acids is 5. The van der Waals surface area contributed by atoms with Crippen molar-refractivity contribution in [3.8, 4) is 11.5 Å². The molecule has 0 aliphatic heterocycles. The van der Waals surface area contributed by atoms with Gasteiger partial charge in [0.05, 0.1) is 38.8 Å². The van der Waals surface area contributed by atoms with E-state index in [1.165, 1.54) is 34.1 Å². The van der Waals surface area contributed by atoms with Gasteiger partial charge in [-0.1, -0.05) is 0 Å². The third-order valence-electron chi connectivity index (χ3n) is 7.02. The summed E-state index contributed by atoms with van der Waals surface area (Å²) >= 11 is 0. The number of phosphoric ester groups is 1. The quantitative estimate of drug-likeness (QED) is 0.0982. The largest absolute Gasteiger partial charge is 0.780 e. The Kier molecular flexibility index (Phi) is 20.2. The van der Waals surface area contributed by atoms with Gasteiger partial charge >= 0.3 is 29.8 Å². The van der Waals surface area contributed by atoms with Gasteiger partial charge in [0.15, 0.2) is 0 Å². The minimum atomic E-state index is -5.33. The Balaban J connectivity index is 3.76. The Bertz CT molecular complexity index is 1550. The molecule has 0 fully saturated rings. The van der Waals surface area contributed by atoms with Gasteiger partial charge in [0.2, 0.25) is 0 Å². The van der Waals surface area contributed by atoms with Crippen molar-refractivity contribution in [2.24, 2.45) is 0 Å². The van der Waals surface area contributed by atoms with Gasteiger partial charge in [0.1, 0.15) is 53.9 Å². The first kappa shape index (κ1) is 54.2. The SMILES string of the molecule is CC(C)(C)OC(=O)CN(CCN(CC(=O)OC(C)(C)C)C[C@H](COc1ccc(OP(=O)([O-])[O-])cc1)N(CC(=O)OC(C)(C)C)CC(=O)OC(C)(C)C)CC(=O)OC(C)(C)C. The fourth-order valence-electron chi connectivity index (χ4n) is 5.28. The molecule has 0 radical (unpaired) electrons. The second-order valence-electron chi connectivity index (χ2n) is 19.3. The van der Waals surface area contributed by atoms with Crippen LogP contribution < -0.4 is 19.0 Å². The van der Waals surface area contributed by atoms with Crippen molar-refractivity contribution in [3.05, 3.63) is 24.3 Å². The molecule has 344 valence electrons. The first-order chi connectivity index (χ1) is 27.0. The van der Waals surface area contributed by atoms with Crippen molar-refractivity contribution in [2.75, 3.05) is 59.0 Å². The van der Waals surface area contributed by atoms with Crippen molar-refractivity contribution in [2.45, 2.75) is 138 Å². The van der Waals surface area contributed by atoms with Crippen LogP contribution in [0, 0.1) is 0 Å². The van der Waals surface area contributed by atoms with Crippen LogP contribution in [-0.2, 0) is 52.2 Å². The van der Waals surface area contributed by atoms with E-state index >= 15 is 0 Å². The fourth-order valence-corrected chi connectivity index (χ4v) is 5.66. The van der Waals surface area contributed by atoms with Gasteiger partial charge in [-0.15, -0.1) is 0 Å². The Hall–Kier alpha value is -3.80. The van der Waals surface area contributed by atoms with Crippen LogP contribution in [-0.4, -0.2) is 138 Å². The molecule has 19 heteroatoms. The van der Waals surface area contributed by atoms with Gasteiger partial charge in [-0.25, -0.2) is 0 Å². The second-order valence-corrected chi connectivity index (χ2v) is 20.3. The predicted molar refractivity (Wildman–Crippen MR) is 218 cm³/mol. The van der Waals surface area contributed by atoms with E-state index in [-0.39, 0.29) is 57.4 Å². The Labute approximate surface area is 355 Å². The average molecular weight is 874 g/mol. The molecule has 0 aliphatic carbocycles. The van der Waals surface area contributed by atoms with Crippen LogP contribution in [0.5, 0.6) is 11.5 Å². The predicted octanol–water partition coefficient (Wildman–Crippen LogP) is 3.26. The molecule has 1 aromatic carbocycles. The molecule has 60 heavy (non-hydrogen) atoms. The zero-order chi connectivity index (χ0) is 46.5. The minimum absolute atomic E-state index is 0.0394. The van der Waals surface area contributed by atoms with Gasteiger partial charge in [0, 0.05) is 19.6 Å². The summed E-state index contributed by atoms with van der Waals surface area (Å²) in [5, 5.41) is 0. The maximum absolute atomic E-state index is 13.4. The van der Waals surface area contributed by atoms with Gasteiger partial charge in [-0.05, 0) is 128 Å². The summed E-state index contributed by atoms with van der Waals surface area (Å²) in [6.45, 7) is 23.7. The van der Waals surface area contributed by atoms with E-state index < -0.39 is 84.8 Å². The molecule has 1 aromatic rings. The summed E-state index contributed by atoms with van der Waals surface area (Å²) in [6, 6.07) is 4.27. The number of benzene rings is 1. The first-order valence-corrected chi connectivity index (χ1v) is 21.1. The lowest BCUT2D eigenvalue weighted by Gasteiger charge is -2.36. The number of rotatable bonds is 21. The maximum Gasteiger partial charge on any atom is 0.320 e. The van der Waals surface area contributed by atoms with Crippen LogP contribution in [0.4, 0.5) is 0 Å². The number of phosphoric acid groups is 1. The van der Waals surface area contributed by atoms with Crippen LogP contribution >= 0.6 is 7.82 Å². The standard InChI is InChI=1S/C41H70N3O15P/c1-37(2,3)54-32(45)23-42(20-21-43(24-33(46)55-38(4,5)6)25-34(47)56-39(7,8)9)22-29(28-53-30-16-18-31(19-17-30)59-60(50,51)52)44(26-35(48)57-40(10,11)12)27-36(49)58-41(13,14)15/h16-19,29H,20-28H2,1-15H3,(H2,50,51,52)/p-2/t29-/m1/s1. The molecule has 0 spiro atoms. The monoisotopic (exact) mass is 873 g/mol. The lowest BCUT2D eigenvalue weighted by molar-refractivity contribution is -0.333. The lowest BCUT2D eigenvalue weighted by Crippen LogP contribution is -2.54. The van der Waals surface area contributed by atoms with Gasteiger partial charge in [-0.2, -0.15) is 0 Å². The summed E-state index contributed by atoms with van der Waals surface area (Å²) in [5.74, 6) is -3.18. The van der Waals surface area contributed by atoms with Crippen molar-refractivity contribution >= 4 is 37.7 Å². The molecule has 0 heterocycles. The normalized spacial score (nSPS) is 13.5. The number of hydrogen-bond donors (Lipinski definition) is 0. The average Bonchev–Trinajstić information content (AvgIpc) is 2.96. The third kappa shape index (κ3) is 27.9. The number of esters is 5. The van der Waals surface area contributed by atoms with Gasteiger partial charge < -0.3 is 47.3 Å². The molecule has 0 amide bonds. The fraction of sp³-hybridized carbons (Fsp3) is 0.732. The number of nitrogens with zero attached hydrogens (tertiary/aromatic N) is 3. The summed E-state index contributed by atoms with van der Waals surface area (Å²) in [7, 11) is -5.33. The van der Waals surface area contributed by atoms with Crippen molar-refractivity contribution in [3.63, 3.8) is 0 Å². The van der Waals surface area contributed by atoms with E-state index in [9.17, 15) is 38.3 Å². The molecule has 18 nitrogen and oxygen atoms in total. The van der Waals surface area contributed by atoms with Crippen molar-refractivity contribution in [1.29, 1.82) is 0 Å². The van der Waals surface area contributed by atoms with E-state index in [1.807, 2.05) is 0 Å². The van der Waals surface area contributed by atoms with E-state index in [0.29, 0.717) is 0 Å². The van der Waals surface area contributed by atoms with Crippen LogP contribution in [0.1, 0.15) is 104 Å². The van der Waals surface area contributed by atoms with E-state index in [4.69, 9.17) is 28.4 Å². The number of ether oxygens (including phenoxy) is 6. The molecule has 0 bridgehead atoms. The molecule has 1 rings (SSSR count). The van der Waals surface area contributed by atoms with Crippen LogP contribution in [0.15, 0.2) is 24.3 Å². The molecule has 0 saturated heterocycles. The zero-order valence-electron chi connectivity index (χ0n) is 38.2. The molecular weight excluding hydrogens is 805 g/mol. The summed E-state index contributed by atoms with van der Waals surface area (Å²) < 4.78 is 49.6. The zero-order valence-corrected chi connectivity index (χ0v) is 39.1. The molecule has 0 aliphatic rings. The van der Waals surface area contributed by atoms with Crippen LogP contribution in [0.25, 0.3) is 0 Å². The Morgan fingerprint density at radius 1 is 0.517 bits per heavy atom. The Morgan fingerprint density at radius 2 is 0.817 bits per heavy atom. The lowest BCUT2D eigenvalue weighted by atomic mass is 10.2. The third-order valence-corrected chi connectivity index (χ3v) is 7.46. The first-order valence-electron chi connectivity index (χ1n) is 19.7. The smallest absolute Gasteiger partial charge is 0.320 e. The molecule has 0 unspecified atom stereocenters. The van der Waals surface area contributed by atoms with E-state index in [1.54, 1.807) is 109 Å². The minimum Gasteiger partial charge on any atom is -0.780 e. The van der Waals surface area contributed by atoms with Gasteiger partial charge in [-0.3, -0.25) is 38.7 Å². The summed E-state index contributed by atoms with van der Waals surface area (Å²) in [4.78, 5) is 93.2. The maximum atomic E-state index is 13.4. The van der Waals surface area contributed by atoms with E-state index in [2.05, 4.69) is 4.52 Å². The van der Waals surface area contributed by atoms with Gasteiger partial charge in [0.25, 0.3) is 0 Å². The summed E-state index contributed by atoms with van der Waals surface area (Å²) in [6.07, 6.45) is 0. The number of carbonyl (C=O) groups is 5. The highest BCUT2D eigenvalue weighted by molar-refractivity contribution is 7.43. The molecular formula is C41H68N3O15P-2. The number of hydrogen-bond acceptors (Lipinski definition) is 18. The molecule has 0 saturated carbocycles. The second kappa shape index (κ2) is 22.3. The molecule has 1 atom stereocenters. The van der Waals surface area contributed by atoms with Crippen molar-refractivity contribution < 1.29 is 71.3 Å². The Morgan fingerprint density at radius 3 is 1.15 bits per heavy atom. The highest BCUT2D eigenvalue weighted by atomic mass is 31.2.